The van der Waals surface area contributed by atoms with Crippen molar-refractivity contribution in [3.8, 4) is 0 Å². The molecule has 0 radical (unpaired) electrons. The Morgan fingerprint density at radius 1 is 1.44 bits per heavy atom. The molecule has 0 bridgehead atoms. The normalized spacial score (nSPS) is 11.1. The van der Waals surface area contributed by atoms with Crippen molar-refractivity contribution in [2.45, 2.75) is 19.8 Å². The third-order valence-corrected chi connectivity index (χ3v) is 2.59. The fourth-order valence-corrected chi connectivity index (χ4v) is 1.67. The highest BCUT2D eigenvalue weighted by Gasteiger charge is 2.08. The number of rotatable bonds is 9. The fourth-order valence-electron chi connectivity index (χ4n) is 0.804. The molecule has 0 aromatic heterocycles. The molecule has 0 aromatic carbocycles. The third-order valence-electron chi connectivity index (χ3n) is 1.56. The Morgan fingerprint density at radius 2 is 2.12 bits per heavy atom. The van der Waals surface area contributed by atoms with Crippen molar-refractivity contribution < 1.29 is 17.4 Å². The predicted octanol–water partition coefficient (Wildman–Crippen LogP) is -0.0603. The molecule has 6 nitrogen and oxygen atoms in total. The molecule has 0 rings (SSSR count). The van der Waals surface area contributed by atoms with Gasteiger partial charge in [-0.2, -0.15) is 13.1 Å². The number of hydrogen-bond acceptors (Lipinski definition) is 4. The summed E-state index contributed by atoms with van der Waals surface area (Å²) in [6.07, 6.45) is 2.29. The van der Waals surface area contributed by atoms with Gasteiger partial charge in [0.1, 0.15) is 0 Å². The molecular formula is C9H18N2O4S. The molecule has 0 atom stereocenters. The van der Waals surface area contributed by atoms with Crippen LogP contribution in [0, 0.1) is 0 Å². The monoisotopic (exact) mass is 250 g/mol. The molecule has 0 saturated heterocycles. The molecule has 0 aliphatic carbocycles. The first-order valence-corrected chi connectivity index (χ1v) is 6.47. The number of carbonyl (C=O) groups is 1. The van der Waals surface area contributed by atoms with Gasteiger partial charge in [-0.05, 0) is 18.9 Å². The van der Waals surface area contributed by atoms with E-state index in [1.54, 1.807) is 0 Å². The second-order valence-corrected chi connectivity index (χ2v) is 4.45. The minimum atomic E-state index is -3.63. The van der Waals surface area contributed by atoms with Crippen molar-refractivity contribution in [1.82, 2.24) is 10.0 Å². The summed E-state index contributed by atoms with van der Waals surface area (Å²) in [6, 6.07) is 0. The quantitative estimate of drug-likeness (QED) is 0.443. The zero-order valence-corrected chi connectivity index (χ0v) is 10.2. The minimum absolute atomic E-state index is 0.169. The van der Waals surface area contributed by atoms with E-state index >= 15 is 0 Å². The topological polar surface area (TPSA) is 84.5 Å². The Balaban J connectivity index is 3.58. The van der Waals surface area contributed by atoms with Crippen LogP contribution in [0.2, 0.25) is 0 Å². The smallest absolute Gasteiger partial charge is 0.335 e. The summed E-state index contributed by atoms with van der Waals surface area (Å²) in [4.78, 5) is 10.7. The van der Waals surface area contributed by atoms with E-state index in [9.17, 15) is 13.2 Å². The van der Waals surface area contributed by atoms with E-state index in [0.29, 0.717) is 19.4 Å². The standard InChI is InChI=1S/C9H18N2O4S/c1-3-8-15-16(13,14)11-7-5-6-10-9(12)4-2/h4,11H,2-3,5-8H2,1H3,(H,10,12). The molecule has 0 aliphatic heterocycles. The van der Waals surface area contributed by atoms with Crippen molar-refractivity contribution in [2.24, 2.45) is 0 Å². The van der Waals surface area contributed by atoms with Crippen LogP contribution in [0.25, 0.3) is 0 Å². The van der Waals surface area contributed by atoms with E-state index in [1.165, 1.54) is 0 Å². The molecular weight excluding hydrogens is 232 g/mol. The van der Waals surface area contributed by atoms with Crippen molar-refractivity contribution in [3.63, 3.8) is 0 Å². The van der Waals surface area contributed by atoms with Crippen molar-refractivity contribution in [3.05, 3.63) is 12.7 Å². The summed E-state index contributed by atoms with van der Waals surface area (Å²) in [7, 11) is -3.63. The molecule has 1 amide bonds. The Bertz CT molecular complexity index is 313. The largest absolute Gasteiger partial charge is 0.353 e. The average Bonchev–Trinajstić information content (AvgIpc) is 2.25. The van der Waals surface area contributed by atoms with Gasteiger partial charge >= 0.3 is 10.3 Å². The van der Waals surface area contributed by atoms with E-state index in [1.807, 2.05) is 6.92 Å². The van der Waals surface area contributed by atoms with Gasteiger partial charge in [0.15, 0.2) is 0 Å². The van der Waals surface area contributed by atoms with Gasteiger partial charge in [-0.25, -0.2) is 0 Å². The maximum Gasteiger partial charge on any atom is 0.335 e. The summed E-state index contributed by atoms with van der Waals surface area (Å²) in [5.41, 5.74) is 0. The number of carbonyl (C=O) groups excluding carboxylic acids is 1. The SMILES string of the molecule is C=CC(=O)NCCCNS(=O)(=O)OCCC. The van der Waals surface area contributed by atoms with E-state index in [0.717, 1.165) is 6.08 Å². The van der Waals surface area contributed by atoms with Crippen molar-refractivity contribution in [1.29, 1.82) is 0 Å². The second-order valence-electron chi connectivity index (χ2n) is 3.02. The first-order chi connectivity index (χ1) is 7.52. The Hall–Kier alpha value is -0.920. The second kappa shape index (κ2) is 8.26. The summed E-state index contributed by atoms with van der Waals surface area (Å²) < 4.78 is 29.1. The molecule has 2 N–H and O–H groups in total. The lowest BCUT2D eigenvalue weighted by molar-refractivity contribution is -0.116. The zero-order chi connectivity index (χ0) is 12.4. The Labute approximate surface area is 96.3 Å². The number of amides is 1. The molecule has 0 aromatic rings. The van der Waals surface area contributed by atoms with E-state index in [4.69, 9.17) is 0 Å². The van der Waals surface area contributed by atoms with Gasteiger partial charge in [0.05, 0.1) is 6.61 Å². The molecule has 0 aliphatic rings. The Morgan fingerprint density at radius 3 is 2.69 bits per heavy atom. The maximum absolute atomic E-state index is 11.1. The molecule has 16 heavy (non-hydrogen) atoms. The molecule has 7 heteroatoms. The minimum Gasteiger partial charge on any atom is -0.353 e. The van der Waals surface area contributed by atoms with Crippen molar-refractivity contribution in [2.75, 3.05) is 19.7 Å². The first kappa shape index (κ1) is 15.1. The van der Waals surface area contributed by atoms with Gasteiger partial charge in [0.25, 0.3) is 0 Å². The van der Waals surface area contributed by atoms with Gasteiger partial charge in [-0.3, -0.25) is 8.98 Å². The van der Waals surface area contributed by atoms with Crippen molar-refractivity contribution >= 4 is 16.2 Å². The summed E-state index contributed by atoms with van der Waals surface area (Å²) in [5, 5.41) is 2.53. The lowest BCUT2D eigenvalue weighted by atomic mass is 10.4. The number of hydrogen-bond donors (Lipinski definition) is 2. The summed E-state index contributed by atoms with van der Waals surface area (Å²) in [6.45, 7) is 5.89. The van der Waals surface area contributed by atoms with Crippen LogP contribution in [0.15, 0.2) is 12.7 Å². The van der Waals surface area contributed by atoms with Crippen LogP contribution in [-0.2, 0) is 19.3 Å². The highest BCUT2D eigenvalue weighted by atomic mass is 32.2. The van der Waals surface area contributed by atoms with Crippen LogP contribution in [-0.4, -0.2) is 34.0 Å². The first-order valence-electron chi connectivity index (χ1n) is 5.06. The highest BCUT2D eigenvalue weighted by molar-refractivity contribution is 7.84. The van der Waals surface area contributed by atoms with Crippen LogP contribution in [0.1, 0.15) is 19.8 Å². The van der Waals surface area contributed by atoms with Gasteiger partial charge in [0.2, 0.25) is 5.91 Å². The van der Waals surface area contributed by atoms with Crippen LogP contribution >= 0.6 is 0 Å². The van der Waals surface area contributed by atoms with Gasteiger partial charge in [0, 0.05) is 13.1 Å². The number of nitrogens with one attached hydrogen (secondary N) is 2. The van der Waals surface area contributed by atoms with Crippen LogP contribution in [0.4, 0.5) is 0 Å². The predicted molar refractivity (Wildman–Crippen MR) is 61.0 cm³/mol. The van der Waals surface area contributed by atoms with Crippen LogP contribution in [0.3, 0.4) is 0 Å². The molecule has 0 fully saturated rings. The fraction of sp³-hybridized carbons (Fsp3) is 0.667. The zero-order valence-electron chi connectivity index (χ0n) is 9.36. The van der Waals surface area contributed by atoms with E-state index in [-0.39, 0.29) is 19.1 Å². The average molecular weight is 250 g/mol. The molecule has 94 valence electrons. The van der Waals surface area contributed by atoms with E-state index < -0.39 is 10.3 Å². The molecule has 0 saturated carbocycles. The van der Waals surface area contributed by atoms with E-state index in [2.05, 4.69) is 20.8 Å². The highest BCUT2D eigenvalue weighted by Crippen LogP contribution is 1.90. The molecule has 0 spiro atoms. The lowest BCUT2D eigenvalue weighted by Gasteiger charge is -2.06. The summed E-state index contributed by atoms with van der Waals surface area (Å²) >= 11 is 0. The van der Waals surface area contributed by atoms with Crippen LogP contribution < -0.4 is 10.0 Å². The van der Waals surface area contributed by atoms with Gasteiger partial charge in [-0.15, -0.1) is 0 Å². The van der Waals surface area contributed by atoms with Gasteiger partial charge in [-0.1, -0.05) is 13.5 Å². The maximum atomic E-state index is 11.1. The third kappa shape index (κ3) is 8.39. The molecule has 0 heterocycles. The summed E-state index contributed by atoms with van der Waals surface area (Å²) in [5.74, 6) is -0.273. The molecule has 0 unspecified atom stereocenters. The lowest BCUT2D eigenvalue weighted by Crippen LogP contribution is -2.30. The van der Waals surface area contributed by atoms with Gasteiger partial charge < -0.3 is 5.32 Å². The van der Waals surface area contributed by atoms with Crippen LogP contribution in [0.5, 0.6) is 0 Å². The Kier molecular flexibility index (Phi) is 7.78.